The van der Waals surface area contributed by atoms with Crippen molar-refractivity contribution in [3.8, 4) is 0 Å². The number of amidine groups is 1. The number of carbonyl (C=O) groups excluding carboxylic acids is 1. The number of likely N-dealkylation sites (tertiary alicyclic amines) is 1. The van der Waals surface area contributed by atoms with Gasteiger partial charge in [0.05, 0.1) is 4.90 Å². The third kappa shape index (κ3) is 4.12. The number of aliphatic imine (C=N–C) groups is 1. The molecule has 30 heavy (non-hydrogen) atoms. The van der Waals surface area contributed by atoms with Crippen molar-refractivity contribution >= 4 is 21.8 Å². The molecule has 0 aliphatic carbocycles. The highest BCUT2D eigenvalue weighted by Gasteiger charge is 2.37. The van der Waals surface area contributed by atoms with Crippen LogP contribution < -0.4 is 4.72 Å². The minimum absolute atomic E-state index is 0.00768. The minimum atomic E-state index is -3.62. The average Bonchev–Trinajstić information content (AvgIpc) is 2.99. The summed E-state index contributed by atoms with van der Waals surface area (Å²) >= 11 is 0. The molecule has 0 aromatic heterocycles. The number of hydrogen-bond donors (Lipinski definition) is 1. The van der Waals surface area contributed by atoms with Crippen molar-refractivity contribution < 1.29 is 13.2 Å². The van der Waals surface area contributed by atoms with Crippen molar-refractivity contribution in [1.29, 1.82) is 0 Å². The Labute approximate surface area is 178 Å². The fourth-order valence-electron chi connectivity index (χ4n) is 4.05. The summed E-state index contributed by atoms with van der Waals surface area (Å²) in [6.07, 6.45) is 4.23. The predicted molar refractivity (Wildman–Crippen MR) is 117 cm³/mol. The van der Waals surface area contributed by atoms with Gasteiger partial charge >= 0.3 is 0 Å². The fourth-order valence-corrected chi connectivity index (χ4v) is 5.29. The molecule has 2 aliphatic rings. The third-order valence-corrected chi connectivity index (χ3v) is 7.20. The molecule has 1 amide bonds. The second-order valence-electron chi connectivity index (χ2n) is 7.90. The molecule has 7 heteroatoms. The Morgan fingerprint density at radius 1 is 1.17 bits per heavy atom. The van der Waals surface area contributed by atoms with Gasteiger partial charge in [-0.05, 0) is 37.0 Å². The topological polar surface area (TPSA) is 78.8 Å². The van der Waals surface area contributed by atoms with Crippen molar-refractivity contribution in [2.24, 2.45) is 4.99 Å². The van der Waals surface area contributed by atoms with Gasteiger partial charge in [0.2, 0.25) is 5.91 Å². The van der Waals surface area contributed by atoms with Crippen LogP contribution in [0.15, 0.2) is 64.5 Å². The zero-order valence-electron chi connectivity index (χ0n) is 17.1. The van der Waals surface area contributed by atoms with Gasteiger partial charge in [0.25, 0.3) is 10.0 Å². The summed E-state index contributed by atoms with van der Waals surface area (Å²) in [7, 11) is -3.62. The molecule has 0 spiro atoms. The number of nitrogens with one attached hydrogen (secondary N) is 1. The van der Waals surface area contributed by atoms with Crippen LogP contribution >= 0.6 is 0 Å². The molecule has 0 saturated carbocycles. The summed E-state index contributed by atoms with van der Waals surface area (Å²) in [5, 5.41) is 0. The molecule has 2 aromatic rings. The molecule has 2 heterocycles. The molecule has 158 valence electrons. The fraction of sp³-hybridized carbons (Fsp3) is 0.391. The minimum Gasteiger partial charge on any atom is -0.337 e. The zero-order valence-corrected chi connectivity index (χ0v) is 17.9. The number of sulfonamides is 1. The summed E-state index contributed by atoms with van der Waals surface area (Å²) in [6.45, 7) is 2.80. The van der Waals surface area contributed by atoms with E-state index in [-0.39, 0.29) is 22.7 Å². The quantitative estimate of drug-likeness (QED) is 0.740. The lowest BCUT2D eigenvalue weighted by Crippen LogP contribution is -2.55. The number of fused-ring (bicyclic) bond motifs is 1. The maximum atomic E-state index is 13.3. The van der Waals surface area contributed by atoms with E-state index >= 15 is 0 Å². The molecule has 6 nitrogen and oxygen atoms in total. The van der Waals surface area contributed by atoms with Gasteiger partial charge in [-0.2, -0.15) is 0 Å². The first-order chi connectivity index (χ1) is 14.5. The number of hydrogen-bond acceptors (Lipinski definition) is 4. The van der Waals surface area contributed by atoms with E-state index < -0.39 is 16.1 Å². The maximum Gasteiger partial charge on any atom is 0.263 e. The van der Waals surface area contributed by atoms with E-state index in [1.165, 1.54) is 5.56 Å². The van der Waals surface area contributed by atoms with Gasteiger partial charge in [-0.1, -0.05) is 62.2 Å². The Balaban J connectivity index is 1.56. The van der Waals surface area contributed by atoms with Crippen molar-refractivity contribution in [3.05, 3.63) is 65.7 Å². The first-order valence-corrected chi connectivity index (χ1v) is 12.0. The van der Waals surface area contributed by atoms with Crippen LogP contribution in [0.5, 0.6) is 0 Å². The second-order valence-corrected chi connectivity index (χ2v) is 9.55. The predicted octanol–water partition coefficient (Wildman–Crippen LogP) is 3.13. The lowest BCUT2D eigenvalue weighted by molar-refractivity contribution is -0.140. The largest absolute Gasteiger partial charge is 0.337 e. The molecular weight excluding hydrogens is 398 g/mol. The van der Waals surface area contributed by atoms with Gasteiger partial charge in [0.15, 0.2) is 0 Å². The van der Waals surface area contributed by atoms with Crippen LogP contribution in [0.1, 0.15) is 43.7 Å². The number of benzene rings is 2. The molecule has 2 aliphatic heterocycles. The molecule has 2 unspecified atom stereocenters. The maximum absolute atomic E-state index is 13.3. The van der Waals surface area contributed by atoms with E-state index in [0.29, 0.717) is 12.0 Å². The SMILES string of the molecule is CCCCC(N=C1NS(=O)(=O)c2ccccc21)C(=O)N1CCC1Cc1ccccc1. The van der Waals surface area contributed by atoms with Gasteiger partial charge in [0.1, 0.15) is 11.9 Å². The first kappa shape index (κ1) is 20.6. The molecule has 1 fully saturated rings. The lowest BCUT2D eigenvalue weighted by atomic mass is 9.93. The van der Waals surface area contributed by atoms with E-state index in [9.17, 15) is 13.2 Å². The highest BCUT2D eigenvalue weighted by atomic mass is 32.2. The number of carbonyl (C=O) groups is 1. The Bertz CT molecular complexity index is 1050. The average molecular weight is 426 g/mol. The van der Waals surface area contributed by atoms with E-state index in [0.717, 1.165) is 32.2 Å². The van der Waals surface area contributed by atoms with E-state index in [4.69, 9.17) is 0 Å². The summed E-state index contributed by atoms with van der Waals surface area (Å²) in [5.41, 5.74) is 1.75. The molecule has 0 bridgehead atoms. The molecule has 1 saturated heterocycles. The monoisotopic (exact) mass is 425 g/mol. The Kier molecular flexibility index (Phi) is 5.90. The Morgan fingerprint density at radius 3 is 2.60 bits per heavy atom. The zero-order chi connectivity index (χ0) is 21.1. The van der Waals surface area contributed by atoms with Gasteiger partial charge in [-0.3, -0.25) is 14.5 Å². The number of rotatable bonds is 7. The Hall–Kier alpha value is -2.67. The summed E-state index contributed by atoms with van der Waals surface area (Å²) < 4.78 is 27.3. The first-order valence-electron chi connectivity index (χ1n) is 10.5. The third-order valence-electron chi connectivity index (χ3n) is 5.81. The van der Waals surface area contributed by atoms with Crippen LogP contribution in [0.4, 0.5) is 0 Å². The van der Waals surface area contributed by atoms with Crippen molar-refractivity contribution in [2.45, 2.75) is 56.0 Å². The van der Waals surface area contributed by atoms with Gasteiger partial charge in [-0.25, -0.2) is 8.42 Å². The Morgan fingerprint density at radius 2 is 1.90 bits per heavy atom. The smallest absolute Gasteiger partial charge is 0.263 e. The molecule has 4 rings (SSSR count). The van der Waals surface area contributed by atoms with E-state index in [2.05, 4.69) is 28.8 Å². The lowest BCUT2D eigenvalue weighted by Gasteiger charge is -2.42. The second kappa shape index (κ2) is 8.60. The highest BCUT2D eigenvalue weighted by Crippen LogP contribution is 2.26. The van der Waals surface area contributed by atoms with E-state index in [1.807, 2.05) is 23.1 Å². The van der Waals surface area contributed by atoms with Gasteiger partial charge < -0.3 is 4.90 Å². The highest BCUT2D eigenvalue weighted by molar-refractivity contribution is 7.90. The van der Waals surface area contributed by atoms with Crippen LogP contribution in [-0.2, 0) is 21.2 Å². The van der Waals surface area contributed by atoms with E-state index in [1.54, 1.807) is 24.3 Å². The van der Waals surface area contributed by atoms with Crippen molar-refractivity contribution in [2.75, 3.05) is 6.54 Å². The number of unbranched alkanes of at least 4 members (excludes halogenated alkanes) is 1. The van der Waals surface area contributed by atoms with Crippen molar-refractivity contribution in [1.82, 2.24) is 9.62 Å². The van der Waals surface area contributed by atoms with Crippen LogP contribution in [0.2, 0.25) is 0 Å². The molecule has 2 aromatic carbocycles. The summed E-state index contributed by atoms with van der Waals surface area (Å²) in [6, 6.07) is 16.6. The summed E-state index contributed by atoms with van der Waals surface area (Å²) in [5.74, 6) is 0.270. The molecule has 1 N–H and O–H groups in total. The van der Waals surface area contributed by atoms with Crippen LogP contribution in [0.25, 0.3) is 0 Å². The normalized spacial score (nSPS) is 21.6. The number of amides is 1. The van der Waals surface area contributed by atoms with Crippen molar-refractivity contribution in [3.63, 3.8) is 0 Å². The molecular formula is C23H27N3O3S. The van der Waals surface area contributed by atoms with Crippen LogP contribution in [0, 0.1) is 0 Å². The standard InChI is InChI=1S/C23H27N3O3S/c1-2-3-12-20(24-22-19-11-7-8-13-21(19)30(28,29)25-22)23(27)26-15-14-18(26)16-17-9-5-4-6-10-17/h4-11,13,18,20H,2-3,12,14-16H2,1H3,(H,24,25). The van der Waals surface area contributed by atoms with Gasteiger partial charge in [-0.15, -0.1) is 0 Å². The number of nitrogens with zero attached hydrogens (tertiary/aromatic N) is 2. The molecule has 0 radical (unpaired) electrons. The van der Waals surface area contributed by atoms with Crippen LogP contribution in [-0.4, -0.2) is 43.7 Å². The molecule has 2 atom stereocenters. The summed E-state index contributed by atoms with van der Waals surface area (Å²) in [4.78, 5) is 20.1. The van der Waals surface area contributed by atoms with Gasteiger partial charge in [0, 0.05) is 18.2 Å². The van der Waals surface area contributed by atoms with Crippen LogP contribution in [0.3, 0.4) is 0 Å².